The lowest BCUT2D eigenvalue weighted by molar-refractivity contribution is 0.145. The van der Waals surface area contributed by atoms with Crippen molar-refractivity contribution in [1.82, 2.24) is 9.88 Å². The van der Waals surface area contributed by atoms with E-state index in [4.69, 9.17) is 0 Å². The number of hydrogen-bond acceptors (Lipinski definition) is 3. The number of piperidine rings is 1. The Morgan fingerprint density at radius 3 is 2.57 bits per heavy atom. The second-order valence-corrected chi connectivity index (χ2v) is 6.29. The fourth-order valence-corrected chi connectivity index (χ4v) is 3.04. The third-order valence-electron chi connectivity index (χ3n) is 4.37. The molecule has 124 valence electrons. The second-order valence-electron chi connectivity index (χ2n) is 6.29. The molecule has 3 rings (SSSR count). The van der Waals surface area contributed by atoms with Gasteiger partial charge in [0.2, 0.25) is 0 Å². The molecule has 0 bridgehead atoms. The lowest BCUT2D eigenvalue weighted by Gasteiger charge is -2.31. The summed E-state index contributed by atoms with van der Waals surface area (Å²) in [5.41, 5.74) is 2.81. The molecule has 0 unspecified atom stereocenters. The molecule has 0 spiro atoms. The summed E-state index contributed by atoms with van der Waals surface area (Å²) in [5, 5.41) is 12.9. The van der Waals surface area contributed by atoms with Gasteiger partial charge in [-0.3, -0.25) is 0 Å². The van der Waals surface area contributed by atoms with Gasteiger partial charge in [-0.25, -0.2) is 4.39 Å². The summed E-state index contributed by atoms with van der Waals surface area (Å²) in [6.45, 7) is 2.84. The van der Waals surface area contributed by atoms with E-state index in [1.165, 1.54) is 5.56 Å². The summed E-state index contributed by atoms with van der Waals surface area (Å²) in [4.78, 5) is 2.02. The molecule has 4 nitrogen and oxygen atoms in total. The number of aliphatic hydroxyl groups is 1. The van der Waals surface area contributed by atoms with E-state index < -0.39 is 0 Å². The lowest BCUT2D eigenvalue weighted by atomic mass is 10.1. The van der Waals surface area contributed by atoms with Gasteiger partial charge < -0.3 is 19.9 Å². The Balaban J connectivity index is 1.56. The fourth-order valence-electron chi connectivity index (χ4n) is 3.04. The quantitative estimate of drug-likeness (QED) is 0.890. The van der Waals surface area contributed by atoms with Crippen LogP contribution in [0.3, 0.4) is 0 Å². The molecule has 2 N–H and O–H groups in total. The van der Waals surface area contributed by atoms with Gasteiger partial charge in [0, 0.05) is 45.6 Å². The van der Waals surface area contributed by atoms with Gasteiger partial charge in [-0.1, -0.05) is 6.07 Å². The number of benzene rings is 1. The average molecular weight is 317 g/mol. The van der Waals surface area contributed by atoms with Crippen LogP contribution in [0.4, 0.5) is 10.1 Å². The zero-order valence-electron chi connectivity index (χ0n) is 13.5. The number of aliphatic hydroxyl groups excluding tert-OH is 1. The Morgan fingerprint density at radius 2 is 1.91 bits per heavy atom. The normalized spacial score (nSPS) is 16.0. The fraction of sp³-hybridized carbons (Fsp3) is 0.444. The van der Waals surface area contributed by atoms with Crippen LogP contribution >= 0.6 is 0 Å². The Hall–Kier alpha value is -1.85. The van der Waals surface area contributed by atoms with Crippen molar-refractivity contribution in [2.75, 3.05) is 18.0 Å². The zero-order valence-corrected chi connectivity index (χ0v) is 13.5. The molecule has 1 fully saturated rings. The molecule has 5 heteroatoms. The van der Waals surface area contributed by atoms with Crippen LogP contribution in [0.15, 0.2) is 36.7 Å². The van der Waals surface area contributed by atoms with Crippen molar-refractivity contribution in [3.05, 3.63) is 53.6 Å². The van der Waals surface area contributed by atoms with Gasteiger partial charge >= 0.3 is 0 Å². The van der Waals surface area contributed by atoms with E-state index in [2.05, 4.69) is 17.6 Å². The van der Waals surface area contributed by atoms with Crippen LogP contribution in [0.2, 0.25) is 0 Å². The molecule has 1 aliphatic rings. The number of halogens is 1. The minimum atomic E-state index is -0.240. The average Bonchev–Trinajstić information content (AvgIpc) is 2.94. The van der Waals surface area contributed by atoms with E-state index in [-0.39, 0.29) is 11.9 Å². The first-order valence-corrected chi connectivity index (χ1v) is 8.15. The third kappa shape index (κ3) is 4.12. The van der Waals surface area contributed by atoms with Gasteiger partial charge in [0.25, 0.3) is 0 Å². The number of nitrogens with one attached hydrogen (secondary N) is 1. The standard InChI is InChI=1S/C18H24FN3O/c1-21-7-4-15(13-21)12-20-11-14-2-3-18(17(19)10-14)22-8-5-16(23)6-9-22/h2-4,7,10,13,16,20,23H,5-6,8-9,11-12H2,1H3. The van der Waals surface area contributed by atoms with Gasteiger partial charge in [-0.05, 0) is 42.2 Å². The van der Waals surface area contributed by atoms with Crippen molar-refractivity contribution in [3.8, 4) is 0 Å². The molecular weight excluding hydrogens is 293 g/mol. The molecule has 2 aromatic rings. The Morgan fingerprint density at radius 1 is 1.17 bits per heavy atom. The van der Waals surface area contributed by atoms with Crippen molar-refractivity contribution in [3.63, 3.8) is 0 Å². The highest BCUT2D eigenvalue weighted by molar-refractivity contribution is 5.49. The van der Waals surface area contributed by atoms with Gasteiger partial charge in [-0.15, -0.1) is 0 Å². The third-order valence-corrected chi connectivity index (χ3v) is 4.37. The van der Waals surface area contributed by atoms with Crippen LogP contribution < -0.4 is 10.2 Å². The summed E-state index contributed by atoms with van der Waals surface area (Å²) in [6.07, 6.45) is 5.26. The van der Waals surface area contributed by atoms with Crippen LogP contribution in [0.25, 0.3) is 0 Å². The number of rotatable bonds is 5. The largest absolute Gasteiger partial charge is 0.393 e. The lowest BCUT2D eigenvalue weighted by Crippen LogP contribution is -2.36. The predicted molar refractivity (Wildman–Crippen MR) is 89.8 cm³/mol. The van der Waals surface area contributed by atoms with Gasteiger partial charge in [-0.2, -0.15) is 0 Å². The molecule has 0 saturated carbocycles. The Bertz CT molecular complexity index is 647. The number of hydrogen-bond donors (Lipinski definition) is 2. The van der Waals surface area contributed by atoms with Crippen LogP contribution in [-0.4, -0.2) is 28.9 Å². The molecule has 23 heavy (non-hydrogen) atoms. The topological polar surface area (TPSA) is 40.4 Å². The molecular formula is C18H24FN3O. The highest BCUT2D eigenvalue weighted by atomic mass is 19.1. The van der Waals surface area contributed by atoms with Crippen molar-refractivity contribution < 1.29 is 9.50 Å². The first-order valence-electron chi connectivity index (χ1n) is 8.15. The maximum Gasteiger partial charge on any atom is 0.146 e. The highest BCUT2D eigenvalue weighted by Crippen LogP contribution is 2.24. The minimum Gasteiger partial charge on any atom is -0.393 e. The minimum absolute atomic E-state index is 0.180. The Kier molecular flexibility index (Phi) is 4.98. The SMILES string of the molecule is Cn1ccc(CNCc2ccc(N3CCC(O)CC3)c(F)c2)c1. The second kappa shape index (κ2) is 7.15. The molecule has 1 aromatic carbocycles. The summed E-state index contributed by atoms with van der Waals surface area (Å²) in [5.74, 6) is -0.180. The van der Waals surface area contributed by atoms with Crippen LogP contribution in [0.5, 0.6) is 0 Å². The smallest absolute Gasteiger partial charge is 0.146 e. The Labute approximate surface area is 136 Å². The molecule has 0 aliphatic carbocycles. The molecule has 1 saturated heterocycles. The first kappa shape index (κ1) is 16.0. The maximum atomic E-state index is 14.4. The molecule has 2 heterocycles. The van der Waals surface area contributed by atoms with E-state index in [1.807, 2.05) is 34.8 Å². The van der Waals surface area contributed by atoms with E-state index in [0.29, 0.717) is 38.2 Å². The zero-order chi connectivity index (χ0) is 16.2. The highest BCUT2D eigenvalue weighted by Gasteiger charge is 2.19. The van der Waals surface area contributed by atoms with Crippen LogP contribution in [-0.2, 0) is 20.1 Å². The summed E-state index contributed by atoms with van der Waals surface area (Å²) in [7, 11) is 2.00. The van der Waals surface area contributed by atoms with Gasteiger partial charge in [0.1, 0.15) is 5.82 Å². The van der Waals surface area contributed by atoms with Crippen molar-refractivity contribution in [1.29, 1.82) is 0 Å². The van der Waals surface area contributed by atoms with Crippen molar-refractivity contribution in [2.45, 2.75) is 32.0 Å². The van der Waals surface area contributed by atoms with E-state index in [9.17, 15) is 9.50 Å². The van der Waals surface area contributed by atoms with E-state index >= 15 is 0 Å². The molecule has 0 amide bonds. The number of anilines is 1. The first-order chi connectivity index (χ1) is 11.1. The van der Waals surface area contributed by atoms with E-state index in [1.54, 1.807) is 6.07 Å². The summed E-state index contributed by atoms with van der Waals surface area (Å²) in [6, 6.07) is 7.51. The summed E-state index contributed by atoms with van der Waals surface area (Å²) < 4.78 is 16.4. The maximum absolute atomic E-state index is 14.4. The molecule has 0 radical (unpaired) electrons. The monoisotopic (exact) mass is 317 g/mol. The molecule has 0 atom stereocenters. The van der Waals surface area contributed by atoms with Gasteiger partial charge in [0.05, 0.1) is 11.8 Å². The molecule has 1 aromatic heterocycles. The van der Waals surface area contributed by atoms with Crippen molar-refractivity contribution in [2.24, 2.45) is 7.05 Å². The van der Waals surface area contributed by atoms with E-state index in [0.717, 1.165) is 12.1 Å². The molecule has 1 aliphatic heterocycles. The summed E-state index contributed by atoms with van der Waals surface area (Å²) >= 11 is 0. The number of aryl methyl sites for hydroxylation is 1. The predicted octanol–water partition coefficient (Wildman–Crippen LogP) is 2.42. The van der Waals surface area contributed by atoms with Crippen LogP contribution in [0.1, 0.15) is 24.0 Å². The number of aromatic nitrogens is 1. The van der Waals surface area contributed by atoms with Crippen molar-refractivity contribution >= 4 is 5.69 Å². The van der Waals surface area contributed by atoms with Gasteiger partial charge in [0.15, 0.2) is 0 Å². The van der Waals surface area contributed by atoms with Crippen LogP contribution in [0, 0.1) is 5.82 Å². The number of nitrogens with zero attached hydrogens (tertiary/aromatic N) is 2.